The van der Waals surface area contributed by atoms with E-state index >= 15 is 0 Å². The normalized spacial score (nSPS) is 16.0. The third-order valence-corrected chi connectivity index (χ3v) is 5.79. The van der Waals surface area contributed by atoms with E-state index in [-0.39, 0.29) is 23.3 Å². The van der Waals surface area contributed by atoms with Gasteiger partial charge >= 0.3 is 0 Å². The van der Waals surface area contributed by atoms with Crippen LogP contribution in [0.5, 0.6) is 5.75 Å². The second-order valence-corrected chi connectivity index (χ2v) is 7.80. The zero-order valence-corrected chi connectivity index (χ0v) is 17.4. The maximum Gasteiger partial charge on any atom is 0.263 e. The summed E-state index contributed by atoms with van der Waals surface area (Å²) in [5, 5.41) is 3.75. The molecule has 30 heavy (non-hydrogen) atoms. The van der Waals surface area contributed by atoms with Gasteiger partial charge in [0.15, 0.2) is 10.8 Å². The third-order valence-electron chi connectivity index (χ3n) is 4.82. The molecule has 0 radical (unpaired) electrons. The smallest absolute Gasteiger partial charge is 0.263 e. The van der Waals surface area contributed by atoms with Crippen LogP contribution in [0.3, 0.4) is 0 Å². The Kier molecular flexibility index (Phi) is 6.29. The molecule has 9 heteroatoms. The Morgan fingerprint density at radius 1 is 1.33 bits per heavy atom. The summed E-state index contributed by atoms with van der Waals surface area (Å²) in [6.45, 7) is 1.11. The zero-order valence-electron chi connectivity index (χ0n) is 16.5. The molecule has 1 amide bonds. The Morgan fingerprint density at radius 3 is 3.00 bits per heavy atom. The highest BCUT2D eigenvalue weighted by Gasteiger charge is 2.21. The lowest BCUT2D eigenvalue weighted by Crippen LogP contribution is -2.29. The number of amides is 1. The highest BCUT2D eigenvalue weighted by Crippen LogP contribution is 2.24. The predicted molar refractivity (Wildman–Crippen MR) is 115 cm³/mol. The van der Waals surface area contributed by atoms with E-state index in [1.54, 1.807) is 42.1 Å². The van der Waals surface area contributed by atoms with Gasteiger partial charge in [-0.25, -0.2) is 9.97 Å². The molecule has 1 atom stereocenters. The molecule has 1 saturated heterocycles. The molecule has 1 aliphatic heterocycles. The van der Waals surface area contributed by atoms with Gasteiger partial charge in [0.1, 0.15) is 5.75 Å². The van der Waals surface area contributed by atoms with Crippen molar-refractivity contribution in [2.75, 3.05) is 24.8 Å². The molecule has 1 fully saturated rings. The monoisotopic (exact) mass is 426 g/mol. The number of anilines is 1. The standard InChI is InChI=1S/C21H22N4O4S/c1-28-17-9-3-2-8-16(17)23-18(26)13-30-21-24-19-15(7-4-10-22-19)20(27)25(21)12-14-6-5-11-29-14/h2-4,7-10,14H,5-6,11-13H2,1H3,(H,23,26)/t14-/m0/s1. The van der Waals surface area contributed by atoms with Gasteiger partial charge in [-0.1, -0.05) is 23.9 Å². The lowest BCUT2D eigenvalue weighted by atomic mass is 10.2. The first kappa shape index (κ1) is 20.4. The van der Waals surface area contributed by atoms with Gasteiger partial charge < -0.3 is 14.8 Å². The number of nitrogens with zero attached hydrogens (tertiary/aromatic N) is 3. The summed E-state index contributed by atoms with van der Waals surface area (Å²) in [5.41, 5.74) is 0.797. The van der Waals surface area contributed by atoms with E-state index in [0.717, 1.165) is 12.8 Å². The molecule has 1 N–H and O–H groups in total. The van der Waals surface area contributed by atoms with Gasteiger partial charge in [-0.15, -0.1) is 0 Å². The number of fused-ring (bicyclic) bond motifs is 1. The minimum atomic E-state index is -0.219. The Bertz CT molecular complexity index is 1110. The van der Waals surface area contributed by atoms with E-state index in [0.29, 0.717) is 40.8 Å². The molecule has 0 unspecified atom stereocenters. The molecule has 0 saturated carbocycles. The van der Waals surface area contributed by atoms with Gasteiger partial charge in [0.05, 0.1) is 36.6 Å². The van der Waals surface area contributed by atoms with Crippen LogP contribution in [0.1, 0.15) is 12.8 Å². The lowest BCUT2D eigenvalue weighted by Gasteiger charge is -2.16. The predicted octanol–water partition coefficient (Wildman–Crippen LogP) is 2.71. The molecular formula is C21H22N4O4S. The molecule has 1 aromatic carbocycles. The second-order valence-electron chi connectivity index (χ2n) is 6.86. The van der Waals surface area contributed by atoms with Crippen molar-refractivity contribution in [1.82, 2.24) is 14.5 Å². The number of carbonyl (C=O) groups is 1. The molecule has 3 heterocycles. The number of ether oxygens (including phenoxy) is 2. The summed E-state index contributed by atoms with van der Waals surface area (Å²) in [6.07, 6.45) is 3.45. The fraction of sp³-hybridized carbons (Fsp3) is 0.333. The summed E-state index contributed by atoms with van der Waals surface area (Å²) < 4.78 is 12.6. The van der Waals surface area contributed by atoms with E-state index < -0.39 is 0 Å². The lowest BCUT2D eigenvalue weighted by molar-refractivity contribution is -0.113. The van der Waals surface area contributed by atoms with Crippen molar-refractivity contribution >= 4 is 34.4 Å². The highest BCUT2D eigenvalue weighted by atomic mass is 32.2. The van der Waals surface area contributed by atoms with Crippen LogP contribution in [0.4, 0.5) is 5.69 Å². The van der Waals surface area contributed by atoms with E-state index in [1.807, 2.05) is 12.1 Å². The van der Waals surface area contributed by atoms with Gasteiger partial charge in [0.2, 0.25) is 5.91 Å². The van der Waals surface area contributed by atoms with Gasteiger partial charge in [-0.2, -0.15) is 0 Å². The second kappa shape index (κ2) is 9.27. The molecule has 3 aromatic rings. The van der Waals surface area contributed by atoms with E-state index in [9.17, 15) is 9.59 Å². The Hall–Kier alpha value is -2.91. The van der Waals surface area contributed by atoms with Crippen molar-refractivity contribution in [1.29, 1.82) is 0 Å². The average molecular weight is 426 g/mol. The van der Waals surface area contributed by atoms with Gasteiger partial charge in [-0.05, 0) is 37.1 Å². The maximum absolute atomic E-state index is 13.1. The van der Waals surface area contributed by atoms with Crippen LogP contribution in [0.25, 0.3) is 11.0 Å². The molecule has 2 aromatic heterocycles. The van der Waals surface area contributed by atoms with Crippen LogP contribution >= 0.6 is 11.8 Å². The van der Waals surface area contributed by atoms with Crippen LogP contribution in [-0.2, 0) is 16.1 Å². The fourth-order valence-electron chi connectivity index (χ4n) is 3.36. The first-order valence-corrected chi connectivity index (χ1v) is 10.7. The quantitative estimate of drug-likeness (QED) is 0.458. The largest absolute Gasteiger partial charge is 0.495 e. The fourth-order valence-corrected chi connectivity index (χ4v) is 4.16. The Balaban J connectivity index is 1.56. The van der Waals surface area contributed by atoms with Crippen LogP contribution in [0, 0.1) is 0 Å². The first-order chi connectivity index (χ1) is 14.7. The number of rotatable bonds is 7. The molecular weight excluding hydrogens is 404 g/mol. The SMILES string of the molecule is COc1ccccc1NC(=O)CSc1nc2ncccc2c(=O)n1C[C@@H]1CCCO1. The topological polar surface area (TPSA) is 95.3 Å². The summed E-state index contributed by atoms with van der Waals surface area (Å²) in [4.78, 5) is 34.3. The highest BCUT2D eigenvalue weighted by molar-refractivity contribution is 7.99. The minimum Gasteiger partial charge on any atom is -0.495 e. The van der Waals surface area contributed by atoms with Crippen LogP contribution in [-0.4, -0.2) is 46.0 Å². The zero-order chi connectivity index (χ0) is 20.9. The number of pyridine rings is 1. The third kappa shape index (κ3) is 4.47. The number of para-hydroxylation sites is 2. The summed E-state index contributed by atoms with van der Waals surface area (Å²) >= 11 is 1.20. The summed E-state index contributed by atoms with van der Waals surface area (Å²) in [6, 6.07) is 10.6. The van der Waals surface area contributed by atoms with E-state index in [1.165, 1.54) is 11.8 Å². The van der Waals surface area contributed by atoms with Crippen LogP contribution in [0.2, 0.25) is 0 Å². The number of nitrogens with one attached hydrogen (secondary N) is 1. The van der Waals surface area contributed by atoms with Crippen LogP contribution < -0.4 is 15.6 Å². The molecule has 0 spiro atoms. The van der Waals surface area contributed by atoms with Gasteiger partial charge in [-0.3, -0.25) is 14.2 Å². The Morgan fingerprint density at radius 2 is 2.20 bits per heavy atom. The molecule has 156 valence electrons. The molecule has 1 aliphatic rings. The number of benzene rings is 1. The first-order valence-electron chi connectivity index (χ1n) is 9.68. The number of methoxy groups -OCH3 is 1. The Labute approximate surface area is 177 Å². The number of thioether (sulfide) groups is 1. The molecule has 0 aliphatic carbocycles. The molecule has 4 rings (SSSR count). The molecule has 8 nitrogen and oxygen atoms in total. The summed E-state index contributed by atoms with van der Waals surface area (Å²) in [5.74, 6) is 0.455. The molecule has 0 bridgehead atoms. The van der Waals surface area contributed by atoms with Crippen molar-refractivity contribution in [3.05, 3.63) is 52.9 Å². The van der Waals surface area contributed by atoms with E-state index in [2.05, 4.69) is 15.3 Å². The number of aromatic nitrogens is 3. The minimum absolute atomic E-state index is 0.0274. The van der Waals surface area contributed by atoms with Crippen molar-refractivity contribution in [3.8, 4) is 5.75 Å². The van der Waals surface area contributed by atoms with Crippen molar-refractivity contribution in [3.63, 3.8) is 0 Å². The van der Waals surface area contributed by atoms with Crippen molar-refractivity contribution in [2.24, 2.45) is 0 Å². The van der Waals surface area contributed by atoms with Crippen molar-refractivity contribution < 1.29 is 14.3 Å². The van der Waals surface area contributed by atoms with Crippen LogP contribution in [0.15, 0.2) is 52.5 Å². The average Bonchev–Trinajstić information content (AvgIpc) is 3.28. The van der Waals surface area contributed by atoms with Crippen molar-refractivity contribution in [2.45, 2.75) is 30.6 Å². The van der Waals surface area contributed by atoms with E-state index in [4.69, 9.17) is 9.47 Å². The number of hydrogen-bond acceptors (Lipinski definition) is 7. The maximum atomic E-state index is 13.1. The van der Waals surface area contributed by atoms with Gasteiger partial charge in [0, 0.05) is 12.8 Å². The number of hydrogen-bond donors (Lipinski definition) is 1. The summed E-state index contributed by atoms with van der Waals surface area (Å²) in [7, 11) is 1.55. The van der Waals surface area contributed by atoms with Gasteiger partial charge in [0.25, 0.3) is 5.56 Å². The number of carbonyl (C=O) groups excluding carboxylic acids is 1.